The number of nitrogens with one attached hydrogen (secondary N) is 1. The first kappa shape index (κ1) is 17.0. The van der Waals surface area contributed by atoms with Crippen LogP contribution in [0.15, 0.2) is 17.0 Å². The van der Waals surface area contributed by atoms with Crippen LogP contribution in [0.25, 0.3) is 0 Å². The van der Waals surface area contributed by atoms with Crippen molar-refractivity contribution in [2.75, 3.05) is 13.7 Å². The molecule has 1 aliphatic rings. The van der Waals surface area contributed by atoms with Gasteiger partial charge in [-0.1, -0.05) is 23.2 Å². The number of benzene rings is 1. The zero-order valence-corrected chi connectivity index (χ0v) is 13.9. The lowest BCUT2D eigenvalue weighted by molar-refractivity contribution is -0.0659. The second-order valence-corrected chi connectivity index (χ2v) is 7.58. The molecular formula is C13H17Cl2NO4S. The van der Waals surface area contributed by atoms with Crippen molar-refractivity contribution < 1.29 is 18.3 Å². The van der Waals surface area contributed by atoms with Gasteiger partial charge in [0.15, 0.2) is 0 Å². The zero-order valence-electron chi connectivity index (χ0n) is 11.5. The fourth-order valence-electron chi connectivity index (χ4n) is 2.26. The van der Waals surface area contributed by atoms with Gasteiger partial charge in [0.05, 0.1) is 17.2 Å². The summed E-state index contributed by atoms with van der Waals surface area (Å²) in [4.78, 5) is -0.0943. The predicted octanol–water partition coefficient (Wildman–Crippen LogP) is 2.33. The third-order valence-corrected chi connectivity index (χ3v) is 6.22. The first-order valence-corrected chi connectivity index (χ1v) is 8.72. The van der Waals surface area contributed by atoms with Crippen LogP contribution in [-0.4, -0.2) is 32.8 Å². The summed E-state index contributed by atoms with van der Waals surface area (Å²) in [5, 5.41) is 9.40. The minimum absolute atomic E-state index is 0.0578. The maximum absolute atomic E-state index is 12.4. The summed E-state index contributed by atoms with van der Waals surface area (Å²) in [6.45, 7) is -0.234. The van der Waals surface area contributed by atoms with Crippen LogP contribution in [0.3, 0.4) is 0 Å². The maximum Gasteiger partial charge on any atom is 0.242 e. The van der Waals surface area contributed by atoms with Gasteiger partial charge in [-0.05, 0) is 31.4 Å². The van der Waals surface area contributed by atoms with Crippen molar-refractivity contribution in [2.45, 2.75) is 36.4 Å². The minimum Gasteiger partial charge on any atom is -0.392 e. The van der Waals surface area contributed by atoms with Crippen molar-refractivity contribution in [2.24, 2.45) is 0 Å². The first-order valence-electron chi connectivity index (χ1n) is 6.48. The van der Waals surface area contributed by atoms with Gasteiger partial charge in [-0.25, -0.2) is 13.1 Å². The van der Waals surface area contributed by atoms with E-state index in [0.29, 0.717) is 0 Å². The minimum atomic E-state index is -3.79. The molecule has 1 aromatic rings. The number of hydrogen-bond donors (Lipinski definition) is 2. The van der Waals surface area contributed by atoms with Crippen molar-refractivity contribution in [1.82, 2.24) is 4.72 Å². The first-order chi connectivity index (χ1) is 9.85. The monoisotopic (exact) mass is 353 g/mol. The van der Waals surface area contributed by atoms with Crippen LogP contribution in [0.5, 0.6) is 0 Å². The lowest BCUT2D eigenvalue weighted by Crippen LogP contribution is -2.49. The Kier molecular flexibility index (Phi) is 5.18. The summed E-state index contributed by atoms with van der Waals surface area (Å²) in [5.74, 6) is 0. The summed E-state index contributed by atoms with van der Waals surface area (Å²) in [5.41, 5.74) is -0.225. The Bertz CT molecular complexity index is 624. The van der Waals surface area contributed by atoms with E-state index in [2.05, 4.69) is 4.72 Å². The molecule has 0 aromatic heterocycles. The Morgan fingerprint density at radius 2 is 2.05 bits per heavy atom. The molecule has 1 saturated carbocycles. The van der Waals surface area contributed by atoms with E-state index in [0.717, 1.165) is 19.3 Å². The molecule has 8 heteroatoms. The highest BCUT2D eigenvalue weighted by Gasteiger charge is 2.38. The number of sulfonamides is 1. The van der Waals surface area contributed by atoms with Crippen LogP contribution in [0, 0.1) is 0 Å². The average molecular weight is 354 g/mol. The third kappa shape index (κ3) is 3.36. The highest BCUT2D eigenvalue weighted by atomic mass is 35.5. The van der Waals surface area contributed by atoms with E-state index in [-0.39, 0.29) is 27.0 Å². The van der Waals surface area contributed by atoms with E-state index in [4.69, 9.17) is 27.9 Å². The topological polar surface area (TPSA) is 75.6 Å². The maximum atomic E-state index is 12.4. The van der Waals surface area contributed by atoms with Crippen LogP contribution in [-0.2, 0) is 21.4 Å². The third-order valence-electron chi connectivity index (χ3n) is 3.88. The molecule has 0 bridgehead atoms. The van der Waals surface area contributed by atoms with Gasteiger partial charge in [0.1, 0.15) is 4.90 Å². The summed E-state index contributed by atoms with van der Waals surface area (Å²) < 4.78 is 32.6. The largest absolute Gasteiger partial charge is 0.392 e. The van der Waals surface area contributed by atoms with Crippen LogP contribution in [0.4, 0.5) is 0 Å². The summed E-state index contributed by atoms with van der Waals surface area (Å²) in [6.07, 6.45) is 2.66. The standard InChI is InChI=1S/C13H17Cl2NO4S/c1-20-13(5-2-6-13)8-16-21(18,19)11-4-3-10(14)9(7-17)12(11)15/h3-4,16-17H,2,5-8H2,1H3. The number of aliphatic hydroxyl groups is 1. The summed E-state index contributed by atoms with van der Waals surface area (Å²) in [7, 11) is -2.22. The van der Waals surface area contributed by atoms with Gasteiger partial charge >= 0.3 is 0 Å². The molecule has 21 heavy (non-hydrogen) atoms. The molecule has 1 aromatic carbocycles. The van der Waals surface area contributed by atoms with Gasteiger partial charge in [-0.15, -0.1) is 0 Å². The zero-order chi connectivity index (χ0) is 15.7. The average Bonchev–Trinajstić information content (AvgIpc) is 2.38. The summed E-state index contributed by atoms with van der Waals surface area (Å²) in [6, 6.07) is 2.73. The molecule has 1 fully saturated rings. The molecule has 118 valence electrons. The lowest BCUT2D eigenvalue weighted by atomic mass is 9.80. The molecule has 5 nitrogen and oxygen atoms in total. The Balaban J connectivity index is 2.24. The fraction of sp³-hybridized carbons (Fsp3) is 0.538. The Labute approximate surface area is 134 Å². The van der Waals surface area contributed by atoms with Gasteiger partial charge in [0, 0.05) is 24.2 Å². The molecule has 0 unspecified atom stereocenters. The van der Waals surface area contributed by atoms with E-state index in [1.807, 2.05) is 0 Å². The number of aliphatic hydroxyl groups excluding tert-OH is 1. The van der Waals surface area contributed by atoms with Crippen molar-refractivity contribution >= 4 is 33.2 Å². The SMILES string of the molecule is COC1(CNS(=O)(=O)c2ccc(Cl)c(CO)c2Cl)CCC1. The fourth-order valence-corrected chi connectivity index (χ4v) is 4.27. The normalized spacial score (nSPS) is 17.5. The van der Waals surface area contributed by atoms with E-state index < -0.39 is 22.2 Å². The van der Waals surface area contributed by atoms with Crippen molar-refractivity contribution in [1.29, 1.82) is 0 Å². The van der Waals surface area contributed by atoms with Gasteiger partial charge in [0.2, 0.25) is 10.0 Å². The lowest BCUT2D eigenvalue weighted by Gasteiger charge is -2.40. The number of ether oxygens (including phenoxy) is 1. The van der Waals surface area contributed by atoms with Crippen molar-refractivity contribution in [3.63, 3.8) is 0 Å². The predicted molar refractivity (Wildman–Crippen MR) is 81.2 cm³/mol. The molecule has 0 radical (unpaired) electrons. The molecule has 2 N–H and O–H groups in total. The number of hydrogen-bond acceptors (Lipinski definition) is 4. The van der Waals surface area contributed by atoms with Crippen molar-refractivity contribution in [3.05, 3.63) is 27.7 Å². The molecule has 0 aliphatic heterocycles. The van der Waals surface area contributed by atoms with Crippen molar-refractivity contribution in [3.8, 4) is 0 Å². The van der Waals surface area contributed by atoms with E-state index in [1.54, 1.807) is 7.11 Å². The van der Waals surface area contributed by atoms with Crippen LogP contribution in [0.2, 0.25) is 10.0 Å². The molecule has 0 spiro atoms. The molecule has 0 atom stereocenters. The quantitative estimate of drug-likeness (QED) is 0.822. The van der Waals surface area contributed by atoms with Gasteiger partial charge < -0.3 is 9.84 Å². The Hall–Kier alpha value is -0.370. The number of rotatable bonds is 6. The highest BCUT2D eigenvalue weighted by molar-refractivity contribution is 7.89. The molecular weight excluding hydrogens is 337 g/mol. The second-order valence-electron chi connectivity index (χ2n) is 5.06. The molecule has 0 amide bonds. The number of halogens is 2. The van der Waals surface area contributed by atoms with E-state index in [9.17, 15) is 13.5 Å². The summed E-state index contributed by atoms with van der Waals surface area (Å²) >= 11 is 11.9. The van der Waals surface area contributed by atoms with Crippen LogP contribution < -0.4 is 4.72 Å². The van der Waals surface area contributed by atoms with Gasteiger partial charge in [-0.3, -0.25) is 0 Å². The smallest absolute Gasteiger partial charge is 0.242 e. The molecule has 0 heterocycles. The molecule has 0 saturated heterocycles. The van der Waals surface area contributed by atoms with Crippen LogP contribution >= 0.6 is 23.2 Å². The molecule has 2 rings (SSSR count). The van der Waals surface area contributed by atoms with E-state index in [1.165, 1.54) is 12.1 Å². The highest BCUT2D eigenvalue weighted by Crippen LogP contribution is 2.35. The Morgan fingerprint density at radius 3 is 2.52 bits per heavy atom. The second kappa shape index (κ2) is 6.40. The molecule has 1 aliphatic carbocycles. The van der Waals surface area contributed by atoms with Gasteiger partial charge in [0.25, 0.3) is 0 Å². The van der Waals surface area contributed by atoms with E-state index >= 15 is 0 Å². The van der Waals surface area contributed by atoms with Gasteiger partial charge in [-0.2, -0.15) is 0 Å². The number of methoxy groups -OCH3 is 1. The van der Waals surface area contributed by atoms with Crippen LogP contribution in [0.1, 0.15) is 24.8 Å². The Morgan fingerprint density at radius 1 is 1.38 bits per heavy atom.